The Morgan fingerprint density at radius 3 is 2.15 bits per heavy atom. The molecule has 0 spiro atoms. The first-order chi connectivity index (χ1) is 9.88. The summed E-state index contributed by atoms with van der Waals surface area (Å²) in [6.45, 7) is 0. The number of allylic oxidation sites excluding steroid dienone is 2. The Labute approximate surface area is 116 Å². The van der Waals surface area contributed by atoms with Gasteiger partial charge in [-0.15, -0.1) is 0 Å². The summed E-state index contributed by atoms with van der Waals surface area (Å²) >= 11 is 0. The van der Waals surface area contributed by atoms with Gasteiger partial charge < -0.3 is 10.1 Å². The number of nitrogens with one attached hydrogen (secondary N) is 1. The third kappa shape index (κ3) is 2.36. The van der Waals surface area contributed by atoms with Crippen LogP contribution in [0.2, 0.25) is 0 Å². The second-order valence-electron chi connectivity index (χ2n) is 4.40. The molecule has 3 heterocycles. The number of dihydropyridines is 1. The van der Waals surface area contributed by atoms with E-state index >= 15 is 0 Å². The van der Waals surface area contributed by atoms with Crippen LogP contribution in [0.5, 0.6) is 0 Å². The van der Waals surface area contributed by atoms with Crippen molar-refractivity contribution in [1.82, 2.24) is 15.3 Å². The summed E-state index contributed by atoms with van der Waals surface area (Å²) in [6, 6.07) is 11.1. The standard InChI is InChI=1S/C16H13N3O/c20-11-12-9-13(15-5-1-3-7-17-15)14(10-19-12)16-6-2-4-8-18-16/h1-12,19H. The molecule has 1 aliphatic rings. The predicted octanol–water partition coefficient (Wildman–Crippen LogP) is 2.07. The maximum absolute atomic E-state index is 11.0. The molecule has 1 atom stereocenters. The van der Waals surface area contributed by atoms with Crippen LogP contribution >= 0.6 is 0 Å². The van der Waals surface area contributed by atoms with Crippen LogP contribution in [0.1, 0.15) is 11.4 Å². The first kappa shape index (κ1) is 12.3. The summed E-state index contributed by atoms with van der Waals surface area (Å²) in [6.07, 6.45) is 8.06. The molecule has 1 aliphatic heterocycles. The molecule has 4 nitrogen and oxygen atoms in total. The molecule has 1 unspecified atom stereocenters. The molecule has 0 fully saturated rings. The highest BCUT2D eigenvalue weighted by atomic mass is 16.1. The number of pyridine rings is 2. The smallest absolute Gasteiger partial charge is 0.146 e. The third-order valence-corrected chi connectivity index (χ3v) is 3.08. The molecule has 0 radical (unpaired) electrons. The molecule has 0 saturated carbocycles. The summed E-state index contributed by atoms with van der Waals surface area (Å²) < 4.78 is 0. The summed E-state index contributed by atoms with van der Waals surface area (Å²) in [5.74, 6) is 0. The molecule has 0 bridgehead atoms. The minimum Gasteiger partial charge on any atom is -0.378 e. The Bertz CT molecular complexity index is 663. The van der Waals surface area contributed by atoms with Crippen molar-refractivity contribution in [2.45, 2.75) is 6.04 Å². The lowest BCUT2D eigenvalue weighted by Crippen LogP contribution is -2.27. The number of hydrogen-bond donors (Lipinski definition) is 1. The van der Waals surface area contributed by atoms with Crippen LogP contribution in [-0.2, 0) is 4.79 Å². The van der Waals surface area contributed by atoms with Crippen LogP contribution in [-0.4, -0.2) is 22.3 Å². The van der Waals surface area contributed by atoms with Gasteiger partial charge in [-0.25, -0.2) is 0 Å². The van der Waals surface area contributed by atoms with E-state index in [0.29, 0.717) is 0 Å². The Balaban J connectivity index is 2.07. The second kappa shape index (κ2) is 5.48. The Morgan fingerprint density at radius 2 is 1.60 bits per heavy atom. The molecular formula is C16H13N3O. The van der Waals surface area contributed by atoms with Gasteiger partial charge in [0.05, 0.1) is 11.4 Å². The summed E-state index contributed by atoms with van der Waals surface area (Å²) in [5.41, 5.74) is 3.53. The van der Waals surface area contributed by atoms with Gasteiger partial charge in [0.15, 0.2) is 0 Å². The zero-order chi connectivity index (χ0) is 13.8. The SMILES string of the molecule is O=CC1C=C(c2ccccn2)C(c2ccccn2)=CN1. The van der Waals surface area contributed by atoms with Gasteiger partial charge in [0, 0.05) is 29.7 Å². The van der Waals surface area contributed by atoms with Crippen molar-refractivity contribution in [3.05, 3.63) is 72.5 Å². The van der Waals surface area contributed by atoms with Gasteiger partial charge in [0.1, 0.15) is 12.3 Å². The van der Waals surface area contributed by atoms with E-state index in [1.165, 1.54) is 0 Å². The van der Waals surface area contributed by atoms with E-state index in [1.807, 2.05) is 48.7 Å². The quantitative estimate of drug-likeness (QED) is 0.861. The highest BCUT2D eigenvalue weighted by Crippen LogP contribution is 2.30. The molecule has 20 heavy (non-hydrogen) atoms. The fourth-order valence-electron chi connectivity index (χ4n) is 2.13. The van der Waals surface area contributed by atoms with Crippen LogP contribution in [0.25, 0.3) is 11.1 Å². The lowest BCUT2D eigenvalue weighted by Gasteiger charge is -2.20. The molecule has 2 aromatic heterocycles. The lowest BCUT2D eigenvalue weighted by atomic mass is 9.95. The highest BCUT2D eigenvalue weighted by Gasteiger charge is 2.18. The van der Waals surface area contributed by atoms with Crippen LogP contribution in [0.4, 0.5) is 0 Å². The minimum atomic E-state index is -0.334. The van der Waals surface area contributed by atoms with E-state index in [2.05, 4.69) is 15.3 Å². The molecule has 3 rings (SSSR count). The van der Waals surface area contributed by atoms with Crippen molar-refractivity contribution in [2.75, 3.05) is 0 Å². The predicted molar refractivity (Wildman–Crippen MR) is 77.4 cm³/mol. The van der Waals surface area contributed by atoms with Gasteiger partial charge in [0.25, 0.3) is 0 Å². The topological polar surface area (TPSA) is 54.9 Å². The Morgan fingerprint density at radius 1 is 0.950 bits per heavy atom. The fourth-order valence-corrected chi connectivity index (χ4v) is 2.13. The Hall–Kier alpha value is -2.75. The first-order valence-corrected chi connectivity index (χ1v) is 6.35. The van der Waals surface area contributed by atoms with E-state index in [-0.39, 0.29) is 6.04 Å². The molecule has 0 saturated heterocycles. The number of aromatic nitrogens is 2. The number of aldehydes is 1. The van der Waals surface area contributed by atoms with E-state index in [1.54, 1.807) is 12.4 Å². The van der Waals surface area contributed by atoms with Crippen molar-refractivity contribution in [1.29, 1.82) is 0 Å². The number of carbonyl (C=O) groups is 1. The largest absolute Gasteiger partial charge is 0.378 e. The van der Waals surface area contributed by atoms with Crippen molar-refractivity contribution < 1.29 is 4.79 Å². The molecule has 2 aromatic rings. The number of rotatable bonds is 3. The van der Waals surface area contributed by atoms with Gasteiger partial charge >= 0.3 is 0 Å². The maximum atomic E-state index is 11.0. The summed E-state index contributed by atoms with van der Waals surface area (Å²) in [4.78, 5) is 19.7. The second-order valence-corrected chi connectivity index (χ2v) is 4.40. The average molecular weight is 263 g/mol. The number of carbonyl (C=O) groups excluding carboxylic acids is 1. The third-order valence-electron chi connectivity index (χ3n) is 3.08. The fraction of sp³-hybridized carbons (Fsp3) is 0.0625. The number of hydrogen-bond acceptors (Lipinski definition) is 4. The lowest BCUT2D eigenvalue weighted by molar-refractivity contribution is -0.108. The van der Waals surface area contributed by atoms with Gasteiger partial charge in [-0.3, -0.25) is 9.97 Å². The van der Waals surface area contributed by atoms with E-state index in [9.17, 15) is 4.79 Å². The van der Waals surface area contributed by atoms with Crippen molar-refractivity contribution in [2.24, 2.45) is 0 Å². The molecule has 4 heteroatoms. The minimum absolute atomic E-state index is 0.334. The summed E-state index contributed by atoms with van der Waals surface area (Å²) in [5, 5.41) is 3.04. The summed E-state index contributed by atoms with van der Waals surface area (Å²) in [7, 11) is 0. The van der Waals surface area contributed by atoms with Crippen molar-refractivity contribution in [3.8, 4) is 0 Å². The number of nitrogens with zero attached hydrogens (tertiary/aromatic N) is 2. The van der Waals surface area contributed by atoms with Crippen molar-refractivity contribution >= 4 is 17.4 Å². The molecule has 0 amide bonds. The van der Waals surface area contributed by atoms with E-state index in [4.69, 9.17) is 0 Å². The molecule has 0 aliphatic carbocycles. The normalized spacial score (nSPS) is 17.7. The van der Waals surface area contributed by atoms with Crippen LogP contribution < -0.4 is 5.32 Å². The van der Waals surface area contributed by atoms with E-state index < -0.39 is 0 Å². The van der Waals surface area contributed by atoms with Crippen molar-refractivity contribution in [3.63, 3.8) is 0 Å². The molecule has 1 N–H and O–H groups in total. The highest BCUT2D eigenvalue weighted by molar-refractivity contribution is 6.05. The molecule has 98 valence electrons. The van der Waals surface area contributed by atoms with Gasteiger partial charge in [-0.05, 0) is 30.3 Å². The van der Waals surface area contributed by atoms with Gasteiger partial charge in [0.2, 0.25) is 0 Å². The van der Waals surface area contributed by atoms with Crippen LogP contribution in [0, 0.1) is 0 Å². The van der Waals surface area contributed by atoms with Crippen LogP contribution in [0.15, 0.2) is 61.1 Å². The maximum Gasteiger partial charge on any atom is 0.146 e. The van der Waals surface area contributed by atoms with Crippen LogP contribution in [0.3, 0.4) is 0 Å². The van der Waals surface area contributed by atoms with E-state index in [0.717, 1.165) is 28.8 Å². The average Bonchev–Trinajstić information content (AvgIpc) is 2.56. The molecule has 0 aromatic carbocycles. The zero-order valence-corrected chi connectivity index (χ0v) is 10.7. The van der Waals surface area contributed by atoms with Gasteiger partial charge in [-0.2, -0.15) is 0 Å². The molecular weight excluding hydrogens is 250 g/mol. The Kier molecular flexibility index (Phi) is 3.37. The first-order valence-electron chi connectivity index (χ1n) is 6.35. The monoisotopic (exact) mass is 263 g/mol. The zero-order valence-electron chi connectivity index (χ0n) is 10.7. The van der Waals surface area contributed by atoms with Gasteiger partial charge in [-0.1, -0.05) is 12.1 Å².